The van der Waals surface area contributed by atoms with Crippen LogP contribution in [0.3, 0.4) is 0 Å². The highest BCUT2D eigenvalue weighted by atomic mass is 32.2. The quantitative estimate of drug-likeness (QED) is 0.848. The smallest absolute Gasteiger partial charge is 0.261 e. The van der Waals surface area contributed by atoms with Crippen LogP contribution in [0.1, 0.15) is 23.2 Å². The third kappa shape index (κ3) is 4.64. The minimum atomic E-state index is -3.71. The highest BCUT2D eigenvalue weighted by molar-refractivity contribution is 7.92. The van der Waals surface area contributed by atoms with Crippen LogP contribution in [0.4, 0.5) is 5.69 Å². The number of anilines is 1. The average molecular weight is 388 g/mol. The molecule has 2 aromatic rings. The summed E-state index contributed by atoms with van der Waals surface area (Å²) < 4.78 is 27.4. The van der Waals surface area contributed by atoms with E-state index in [-0.39, 0.29) is 10.8 Å². The van der Waals surface area contributed by atoms with Gasteiger partial charge in [0.1, 0.15) is 0 Å². The van der Waals surface area contributed by atoms with Crippen molar-refractivity contribution in [2.45, 2.75) is 23.8 Å². The van der Waals surface area contributed by atoms with Gasteiger partial charge in [0, 0.05) is 37.1 Å². The highest BCUT2D eigenvalue weighted by Gasteiger charge is 2.25. The van der Waals surface area contributed by atoms with Gasteiger partial charge in [0.05, 0.1) is 10.6 Å². The summed E-state index contributed by atoms with van der Waals surface area (Å²) in [5.74, 6) is -0.0572. The fraction of sp³-hybridized carbons (Fsp3) is 0.368. The first kappa shape index (κ1) is 19.3. The zero-order valence-electron chi connectivity index (χ0n) is 15.5. The lowest BCUT2D eigenvalue weighted by atomic mass is 10.0. The van der Waals surface area contributed by atoms with Crippen LogP contribution in [-0.4, -0.2) is 62.3 Å². The van der Waals surface area contributed by atoms with E-state index in [1.807, 2.05) is 4.90 Å². The number of piperidine rings is 1. The standard InChI is InChI=1S/C19H24N4O3S/c1-22(2)17-9-13-23(14-10-17)19(24)15-3-5-18(6-4-15)27(25,26)21-16-7-11-20-12-8-16/h3-8,11-12,17H,9-10,13-14H2,1-2H3,(H,20,21). The zero-order chi connectivity index (χ0) is 19.4. The Kier molecular flexibility index (Phi) is 5.76. The number of carbonyl (C=O) groups is 1. The summed E-state index contributed by atoms with van der Waals surface area (Å²) in [5.41, 5.74) is 0.940. The summed E-state index contributed by atoms with van der Waals surface area (Å²) in [6.45, 7) is 1.43. The molecule has 0 bridgehead atoms. The molecule has 0 aliphatic carbocycles. The molecule has 0 atom stereocenters. The molecular weight excluding hydrogens is 364 g/mol. The maximum atomic E-state index is 12.7. The number of hydrogen-bond acceptors (Lipinski definition) is 5. The van der Waals surface area contributed by atoms with Crippen molar-refractivity contribution in [2.24, 2.45) is 0 Å². The predicted octanol–water partition coefficient (Wildman–Crippen LogP) is 2.05. The Morgan fingerprint density at radius 2 is 1.67 bits per heavy atom. The summed E-state index contributed by atoms with van der Waals surface area (Å²) in [4.78, 5) is 20.7. The molecule has 1 aromatic heterocycles. The van der Waals surface area contributed by atoms with Gasteiger partial charge >= 0.3 is 0 Å². The van der Waals surface area contributed by atoms with Crippen LogP contribution in [0.25, 0.3) is 0 Å². The Balaban J connectivity index is 1.67. The number of amides is 1. The number of pyridine rings is 1. The van der Waals surface area contributed by atoms with Gasteiger partial charge in [0.25, 0.3) is 15.9 Å². The molecule has 1 amide bonds. The van der Waals surface area contributed by atoms with Crippen LogP contribution in [0.2, 0.25) is 0 Å². The van der Waals surface area contributed by atoms with E-state index in [9.17, 15) is 13.2 Å². The van der Waals surface area contributed by atoms with E-state index in [1.54, 1.807) is 24.3 Å². The Hall–Kier alpha value is -2.45. The number of nitrogens with zero attached hydrogens (tertiary/aromatic N) is 3. The number of hydrogen-bond donors (Lipinski definition) is 1. The molecule has 1 N–H and O–H groups in total. The molecule has 8 heteroatoms. The van der Waals surface area contributed by atoms with Crippen molar-refractivity contribution in [1.29, 1.82) is 0 Å². The van der Waals surface area contributed by atoms with Gasteiger partial charge < -0.3 is 9.80 Å². The van der Waals surface area contributed by atoms with E-state index >= 15 is 0 Å². The van der Waals surface area contributed by atoms with Gasteiger partial charge in [-0.05, 0) is 63.3 Å². The number of carbonyl (C=O) groups excluding carboxylic acids is 1. The van der Waals surface area contributed by atoms with Gasteiger partial charge in [0.15, 0.2) is 0 Å². The molecule has 0 spiro atoms. The van der Waals surface area contributed by atoms with Crippen LogP contribution in [-0.2, 0) is 10.0 Å². The number of aromatic nitrogens is 1. The van der Waals surface area contributed by atoms with Crippen LogP contribution in [0, 0.1) is 0 Å². The fourth-order valence-electron chi connectivity index (χ4n) is 3.18. The average Bonchev–Trinajstić information content (AvgIpc) is 2.68. The Bertz CT molecular complexity index is 875. The molecule has 144 valence electrons. The topological polar surface area (TPSA) is 82.6 Å². The first-order chi connectivity index (χ1) is 12.9. The number of nitrogens with one attached hydrogen (secondary N) is 1. The summed E-state index contributed by atoms with van der Waals surface area (Å²) in [6, 6.07) is 9.72. The monoisotopic (exact) mass is 388 g/mol. The van der Waals surface area contributed by atoms with Gasteiger partial charge in [-0.1, -0.05) is 0 Å². The van der Waals surface area contributed by atoms with Crippen LogP contribution >= 0.6 is 0 Å². The van der Waals surface area contributed by atoms with Gasteiger partial charge in [0.2, 0.25) is 0 Å². The van der Waals surface area contributed by atoms with E-state index in [0.717, 1.165) is 12.8 Å². The number of likely N-dealkylation sites (tertiary alicyclic amines) is 1. The van der Waals surface area contributed by atoms with Crippen molar-refractivity contribution < 1.29 is 13.2 Å². The maximum absolute atomic E-state index is 12.7. The zero-order valence-corrected chi connectivity index (χ0v) is 16.3. The van der Waals surface area contributed by atoms with Gasteiger partial charge in [-0.25, -0.2) is 8.42 Å². The van der Waals surface area contributed by atoms with Crippen LogP contribution < -0.4 is 4.72 Å². The summed E-state index contributed by atoms with van der Waals surface area (Å²) >= 11 is 0. The van der Waals surface area contributed by atoms with Crippen molar-refractivity contribution >= 4 is 21.6 Å². The predicted molar refractivity (Wildman–Crippen MR) is 104 cm³/mol. The minimum Gasteiger partial charge on any atom is -0.339 e. The fourth-order valence-corrected chi connectivity index (χ4v) is 4.24. The molecule has 1 fully saturated rings. The van der Waals surface area contributed by atoms with E-state index in [4.69, 9.17) is 0 Å². The van der Waals surface area contributed by atoms with Gasteiger partial charge in [-0.15, -0.1) is 0 Å². The molecule has 1 saturated heterocycles. The summed E-state index contributed by atoms with van der Waals surface area (Å²) in [7, 11) is 0.408. The van der Waals surface area contributed by atoms with E-state index in [0.29, 0.717) is 30.4 Å². The lowest BCUT2D eigenvalue weighted by Gasteiger charge is -2.35. The third-order valence-corrected chi connectivity index (χ3v) is 6.22. The molecule has 3 rings (SSSR count). The van der Waals surface area contributed by atoms with Gasteiger partial charge in [-0.3, -0.25) is 14.5 Å². The molecular formula is C19H24N4O3S. The molecule has 27 heavy (non-hydrogen) atoms. The maximum Gasteiger partial charge on any atom is 0.261 e. The molecule has 1 aromatic carbocycles. The van der Waals surface area contributed by atoms with Crippen molar-refractivity contribution in [3.63, 3.8) is 0 Å². The molecule has 1 aliphatic heterocycles. The number of benzene rings is 1. The Morgan fingerprint density at radius 3 is 2.22 bits per heavy atom. The summed E-state index contributed by atoms with van der Waals surface area (Å²) in [6.07, 6.45) is 4.92. The second-order valence-corrected chi connectivity index (χ2v) is 8.54. The van der Waals surface area contributed by atoms with E-state index in [1.165, 1.54) is 24.5 Å². The molecule has 1 aliphatic rings. The van der Waals surface area contributed by atoms with Crippen LogP contribution in [0.15, 0.2) is 53.7 Å². The van der Waals surface area contributed by atoms with Crippen molar-refractivity contribution in [2.75, 3.05) is 31.9 Å². The molecule has 2 heterocycles. The Labute approximate surface area is 160 Å². The summed E-state index contributed by atoms with van der Waals surface area (Å²) in [5, 5.41) is 0. The lowest BCUT2D eigenvalue weighted by Crippen LogP contribution is -2.44. The van der Waals surface area contributed by atoms with Crippen molar-refractivity contribution in [1.82, 2.24) is 14.8 Å². The largest absolute Gasteiger partial charge is 0.339 e. The second kappa shape index (κ2) is 8.06. The lowest BCUT2D eigenvalue weighted by molar-refractivity contribution is 0.0663. The Morgan fingerprint density at radius 1 is 1.07 bits per heavy atom. The normalized spacial score (nSPS) is 15.7. The molecule has 0 radical (unpaired) electrons. The van der Waals surface area contributed by atoms with Crippen molar-refractivity contribution in [3.8, 4) is 0 Å². The van der Waals surface area contributed by atoms with Crippen LogP contribution in [0.5, 0.6) is 0 Å². The molecule has 7 nitrogen and oxygen atoms in total. The first-order valence-corrected chi connectivity index (χ1v) is 10.3. The second-order valence-electron chi connectivity index (χ2n) is 6.85. The minimum absolute atomic E-state index is 0.0572. The van der Waals surface area contributed by atoms with Crippen molar-refractivity contribution in [3.05, 3.63) is 54.4 Å². The highest BCUT2D eigenvalue weighted by Crippen LogP contribution is 2.19. The molecule has 0 saturated carbocycles. The number of sulfonamides is 1. The number of rotatable bonds is 5. The van der Waals surface area contributed by atoms with Gasteiger partial charge in [-0.2, -0.15) is 0 Å². The van der Waals surface area contributed by atoms with E-state index in [2.05, 4.69) is 28.7 Å². The van der Waals surface area contributed by atoms with E-state index < -0.39 is 10.0 Å². The molecule has 0 unspecified atom stereocenters. The SMILES string of the molecule is CN(C)C1CCN(C(=O)c2ccc(S(=O)(=O)Nc3ccncc3)cc2)CC1. The first-order valence-electron chi connectivity index (χ1n) is 8.85. The third-order valence-electron chi connectivity index (χ3n) is 4.83.